The van der Waals surface area contributed by atoms with Crippen molar-refractivity contribution in [1.82, 2.24) is 0 Å². The molecule has 188 valence electrons. The van der Waals surface area contributed by atoms with Gasteiger partial charge >= 0.3 is 0 Å². The molecule has 0 aliphatic rings. The van der Waals surface area contributed by atoms with Gasteiger partial charge in [-0.2, -0.15) is 5.26 Å². The molecule has 0 saturated carbocycles. The lowest BCUT2D eigenvalue weighted by molar-refractivity contribution is 0.140. The first kappa shape index (κ1) is 30.2. The normalized spacial score (nSPS) is 11.9. The number of ether oxygens (including phenoxy) is 1. The fourth-order valence-corrected chi connectivity index (χ4v) is 4.75. The molecule has 0 aliphatic carbocycles. The first-order chi connectivity index (χ1) is 16.3. The van der Waals surface area contributed by atoms with Crippen LogP contribution < -0.4 is 4.74 Å². The van der Waals surface area contributed by atoms with Crippen molar-refractivity contribution in [3.8, 4) is 11.8 Å². The fraction of sp³-hybridized carbons (Fsp3) is 0.759. The number of hydrogen-bond acceptors (Lipinski definition) is 3. The number of rotatable bonds is 23. The molecule has 0 bridgehead atoms. The van der Waals surface area contributed by atoms with Crippen molar-refractivity contribution >= 4 is 23.0 Å². The highest BCUT2D eigenvalue weighted by Gasteiger charge is 2.11. The molecule has 0 amide bonds. The molecule has 0 N–H and O–H groups in total. The van der Waals surface area contributed by atoms with Gasteiger partial charge in [-0.05, 0) is 31.0 Å². The summed E-state index contributed by atoms with van der Waals surface area (Å²) in [7, 11) is 0. The van der Waals surface area contributed by atoms with E-state index >= 15 is 0 Å². The van der Waals surface area contributed by atoms with Gasteiger partial charge in [-0.1, -0.05) is 122 Å². The summed E-state index contributed by atoms with van der Waals surface area (Å²) in [5.74, 6) is 0.759. The molecule has 33 heavy (non-hydrogen) atoms. The van der Waals surface area contributed by atoms with E-state index in [2.05, 4.69) is 13.0 Å². The molecule has 1 aromatic rings. The molecular formula is C29H48INO2. The third kappa shape index (κ3) is 18.2. The van der Waals surface area contributed by atoms with Crippen molar-refractivity contribution in [2.24, 2.45) is 0 Å². The Bertz CT molecular complexity index is 602. The zero-order valence-electron chi connectivity index (χ0n) is 21.2. The van der Waals surface area contributed by atoms with Crippen LogP contribution in [0, 0.1) is 11.3 Å². The zero-order valence-corrected chi connectivity index (χ0v) is 23.3. The van der Waals surface area contributed by atoms with E-state index in [1.807, 2.05) is 35.1 Å². The minimum Gasteiger partial charge on any atom is -0.488 e. The van der Waals surface area contributed by atoms with Gasteiger partial charge in [0.05, 0.1) is 18.2 Å². The van der Waals surface area contributed by atoms with Crippen molar-refractivity contribution in [2.75, 3.05) is 6.61 Å². The lowest BCUT2D eigenvalue weighted by Crippen LogP contribution is -2.21. The van der Waals surface area contributed by atoms with Crippen LogP contribution in [0.15, 0.2) is 24.3 Å². The van der Waals surface area contributed by atoms with E-state index in [4.69, 9.17) is 13.1 Å². The molecule has 0 aromatic heterocycles. The van der Waals surface area contributed by atoms with Crippen molar-refractivity contribution in [2.45, 2.75) is 135 Å². The Hall–Kier alpha value is -0.800. The number of benzene rings is 1. The second kappa shape index (κ2) is 23.0. The van der Waals surface area contributed by atoms with Crippen LogP contribution in [0.2, 0.25) is 0 Å². The average Bonchev–Trinajstić information content (AvgIpc) is 2.83. The van der Waals surface area contributed by atoms with Gasteiger partial charge in [0.15, 0.2) is 0 Å². The third-order valence-electron chi connectivity index (χ3n) is 6.39. The number of halogens is 1. The van der Waals surface area contributed by atoms with Crippen LogP contribution in [-0.4, -0.2) is 12.7 Å². The minimum absolute atomic E-state index is 0.0527. The van der Waals surface area contributed by atoms with Gasteiger partial charge in [0.1, 0.15) is 34.9 Å². The summed E-state index contributed by atoms with van der Waals surface area (Å²) in [5, 5.41) is 9.04. The predicted molar refractivity (Wildman–Crippen MR) is 149 cm³/mol. The van der Waals surface area contributed by atoms with E-state index < -0.39 is 0 Å². The van der Waals surface area contributed by atoms with E-state index in [9.17, 15) is 0 Å². The summed E-state index contributed by atoms with van der Waals surface area (Å²) in [6.07, 6.45) is 26.2. The summed E-state index contributed by atoms with van der Waals surface area (Å²) in [6, 6.07) is 9.55. The van der Waals surface area contributed by atoms with E-state index in [-0.39, 0.29) is 6.10 Å². The van der Waals surface area contributed by atoms with E-state index in [0.29, 0.717) is 12.2 Å². The average molecular weight is 570 g/mol. The summed E-state index contributed by atoms with van der Waals surface area (Å²) >= 11 is 1.93. The Morgan fingerprint density at radius 2 is 1.24 bits per heavy atom. The van der Waals surface area contributed by atoms with E-state index in [1.54, 1.807) is 12.1 Å². The lowest BCUT2D eigenvalue weighted by Gasteiger charge is -2.18. The third-order valence-corrected chi connectivity index (χ3v) is 6.75. The van der Waals surface area contributed by atoms with Crippen LogP contribution in [-0.2, 0) is 3.07 Å². The van der Waals surface area contributed by atoms with Crippen LogP contribution >= 0.6 is 23.0 Å². The number of hydrogen-bond donors (Lipinski definition) is 0. The summed E-state index contributed by atoms with van der Waals surface area (Å²) in [5.41, 5.74) is 0.634. The van der Waals surface area contributed by atoms with Gasteiger partial charge < -0.3 is 7.80 Å². The number of nitrogens with zero attached hydrogens (tertiary/aromatic N) is 1. The first-order valence-corrected chi connectivity index (χ1v) is 14.6. The topological polar surface area (TPSA) is 42.2 Å². The second-order valence-electron chi connectivity index (χ2n) is 9.45. The Morgan fingerprint density at radius 1 is 0.758 bits per heavy atom. The maximum Gasteiger partial charge on any atom is 0.123 e. The molecule has 4 heteroatoms. The largest absolute Gasteiger partial charge is 0.488 e. The highest BCUT2D eigenvalue weighted by molar-refractivity contribution is 14.1. The molecule has 0 aliphatic heterocycles. The van der Waals surface area contributed by atoms with Gasteiger partial charge in [-0.25, -0.2) is 0 Å². The van der Waals surface area contributed by atoms with Crippen molar-refractivity contribution in [1.29, 1.82) is 5.26 Å². The van der Waals surface area contributed by atoms with Crippen molar-refractivity contribution < 1.29 is 7.80 Å². The van der Waals surface area contributed by atoms with Crippen molar-refractivity contribution in [3.63, 3.8) is 0 Å². The summed E-state index contributed by atoms with van der Waals surface area (Å²) < 4.78 is 11.3. The highest BCUT2D eigenvalue weighted by atomic mass is 127. The summed E-state index contributed by atoms with van der Waals surface area (Å²) in [6.45, 7) is 2.87. The summed E-state index contributed by atoms with van der Waals surface area (Å²) in [4.78, 5) is 0. The second-order valence-corrected chi connectivity index (χ2v) is 10.1. The Kier molecular flexibility index (Phi) is 21.0. The van der Waals surface area contributed by atoms with Crippen LogP contribution in [0.5, 0.6) is 5.75 Å². The smallest absolute Gasteiger partial charge is 0.123 e. The quantitative estimate of drug-likeness (QED) is 0.0973. The predicted octanol–water partition coefficient (Wildman–Crippen LogP) is 10.1. The SMILES string of the molecule is CCCCCCCCCCCCCCCCCCCCC(COI)Oc1cccc(C#N)c1. The molecule has 0 fully saturated rings. The molecule has 0 saturated heterocycles. The van der Waals surface area contributed by atoms with E-state index in [1.165, 1.54) is 116 Å². The monoisotopic (exact) mass is 569 g/mol. The van der Waals surface area contributed by atoms with Gasteiger partial charge in [0.2, 0.25) is 0 Å². The Balaban J connectivity index is 1.90. The van der Waals surface area contributed by atoms with Gasteiger partial charge in [-0.3, -0.25) is 0 Å². The molecular weight excluding hydrogens is 521 g/mol. The molecule has 1 aromatic carbocycles. The maximum absolute atomic E-state index is 9.04. The fourth-order valence-electron chi connectivity index (χ4n) is 4.35. The molecule has 1 rings (SSSR count). The standard InChI is InChI=1S/C29H48INO2/c1-2-3-4-5-6-7-8-9-10-11-12-13-14-15-16-17-18-19-22-29(26-32-30)33-28-23-20-21-27(24-28)25-31/h20-21,23-24,29H,2-19,22,26H2,1H3. The first-order valence-electron chi connectivity index (χ1n) is 13.7. The highest BCUT2D eigenvalue weighted by Crippen LogP contribution is 2.19. The Labute approximate surface area is 218 Å². The molecule has 0 radical (unpaired) electrons. The number of nitriles is 1. The van der Waals surface area contributed by atoms with Gasteiger partial charge in [0.25, 0.3) is 0 Å². The number of unbranched alkanes of at least 4 members (excludes halogenated alkanes) is 17. The molecule has 1 unspecified atom stereocenters. The maximum atomic E-state index is 9.04. The van der Waals surface area contributed by atoms with E-state index in [0.717, 1.165) is 12.2 Å². The van der Waals surface area contributed by atoms with Gasteiger partial charge in [-0.15, -0.1) is 0 Å². The lowest BCUT2D eigenvalue weighted by atomic mass is 10.0. The minimum atomic E-state index is 0.0527. The molecule has 0 spiro atoms. The zero-order chi connectivity index (χ0) is 23.8. The van der Waals surface area contributed by atoms with Crippen LogP contribution in [0.3, 0.4) is 0 Å². The van der Waals surface area contributed by atoms with Gasteiger partial charge in [0, 0.05) is 0 Å². The van der Waals surface area contributed by atoms with Crippen LogP contribution in [0.25, 0.3) is 0 Å². The van der Waals surface area contributed by atoms with Crippen LogP contribution in [0.4, 0.5) is 0 Å². The molecule has 0 heterocycles. The molecule has 1 atom stereocenters. The molecule has 3 nitrogen and oxygen atoms in total. The van der Waals surface area contributed by atoms with Crippen LogP contribution in [0.1, 0.15) is 134 Å². The van der Waals surface area contributed by atoms with Crippen molar-refractivity contribution in [3.05, 3.63) is 29.8 Å². The Morgan fingerprint density at radius 3 is 1.70 bits per heavy atom.